The van der Waals surface area contributed by atoms with Crippen LogP contribution in [0.4, 0.5) is 33.1 Å². The Morgan fingerprint density at radius 1 is 0.985 bits per heavy atom. The van der Waals surface area contributed by atoms with E-state index in [1.807, 2.05) is 36.4 Å². The highest BCUT2D eigenvalue weighted by Crippen LogP contribution is 2.40. The van der Waals surface area contributed by atoms with E-state index in [-0.39, 0.29) is 29.0 Å². The van der Waals surface area contributed by atoms with Crippen LogP contribution in [0.3, 0.4) is 0 Å². The summed E-state index contributed by atoms with van der Waals surface area (Å²) in [6.07, 6.45) is 10.3. The van der Waals surface area contributed by atoms with Crippen molar-refractivity contribution >= 4 is 53.0 Å². The van der Waals surface area contributed by atoms with E-state index in [4.69, 9.17) is 4.98 Å². The van der Waals surface area contributed by atoms with Gasteiger partial charge in [-0.3, -0.25) is 34.3 Å². The van der Waals surface area contributed by atoms with E-state index >= 15 is 0 Å². The topological polar surface area (TPSA) is 161 Å². The van der Waals surface area contributed by atoms with Crippen LogP contribution >= 0.6 is 0 Å². The van der Waals surface area contributed by atoms with E-state index in [0.29, 0.717) is 76.7 Å². The molecule has 350 valence electrons. The number of halogens is 1. The molecule has 67 heavy (non-hydrogen) atoms. The molecule has 6 heterocycles. The highest BCUT2D eigenvalue weighted by Gasteiger charge is 2.38. The molecule has 3 atom stereocenters. The minimum atomic E-state index is -0.569. The second-order valence-electron chi connectivity index (χ2n) is 19.4. The summed E-state index contributed by atoms with van der Waals surface area (Å²) in [4.78, 5) is 69.6. The maximum atomic E-state index is 14.1. The van der Waals surface area contributed by atoms with Crippen molar-refractivity contribution in [3.8, 4) is 11.3 Å². The Hall–Kier alpha value is -6.65. The fourth-order valence-corrected chi connectivity index (χ4v) is 10.8. The van der Waals surface area contributed by atoms with Gasteiger partial charge in [-0.2, -0.15) is 0 Å². The monoisotopic (exact) mass is 910 g/mol. The van der Waals surface area contributed by atoms with Gasteiger partial charge in [0.15, 0.2) is 5.82 Å². The van der Waals surface area contributed by atoms with Gasteiger partial charge < -0.3 is 29.4 Å². The third-order valence-electron chi connectivity index (χ3n) is 14.1. The van der Waals surface area contributed by atoms with E-state index in [0.717, 1.165) is 63.2 Å². The van der Waals surface area contributed by atoms with Crippen molar-refractivity contribution < 1.29 is 23.9 Å². The Bertz CT molecular complexity index is 2850. The summed E-state index contributed by atoms with van der Waals surface area (Å²) in [5, 5.41) is 16.2. The largest absolute Gasteiger partial charge is 0.392 e. The normalized spacial score (nSPS) is 20.6. The number of aryl methyl sites for hydroxylation is 2. The Labute approximate surface area is 389 Å². The quantitative estimate of drug-likeness (QED) is 0.106. The molecular formula is C51H59FN10O5. The number of amides is 3. The Morgan fingerprint density at radius 2 is 1.81 bits per heavy atom. The number of carbonyl (C=O) groups is 3. The number of pyridine rings is 1. The van der Waals surface area contributed by atoms with Crippen LogP contribution in [0.2, 0.25) is 0 Å². The molecule has 4 aliphatic rings. The number of rotatable bonds is 11. The highest BCUT2D eigenvalue weighted by atomic mass is 19.1. The molecule has 1 aliphatic carbocycles. The van der Waals surface area contributed by atoms with E-state index in [1.54, 1.807) is 49.5 Å². The number of hydrogen-bond donors (Lipinski definition) is 3. The standard InChI is InChI=1S/C51H59FN10O5/c1-31-21-38(9-10-41(31)52)59-16-14-37(22-32(59)2)58-17-18-60(33(3)27-58)43-11-8-36(23-34(43)7-12-46(65)54-30-64)55-47-50(67)57(6)28-42(56-47)39-13-15-53-48(40(39)29-63)62-20-19-61-44(49(62)66)24-35-25-51(4,5)26-45(35)61/h7-13,15,21,23-24,28,30,32-33,37,63H,14,16-20,22,25-27,29H2,1-6H3,(H,55,56)(H,54,64,65)/t32-,33-,37?/m0/s1. The smallest absolute Gasteiger partial charge is 0.293 e. The zero-order valence-corrected chi connectivity index (χ0v) is 39.1. The second-order valence-corrected chi connectivity index (χ2v) is 19.4. The van der Waals surface area contributed by atoms with E-state index in [1.165, 1.54) is 21.9 Å². The van der Waals surface area contributed by atoms with Crippen LogP contribution in [-0.4, -0.2) is 98.2 Å². The van der Waals surface area contributed by atoms with Gasteiger partial charge in [0, 0.05) is 122 Å². The molecule has 3 amide bonds. The number of imide groups is 1. The summed E-state index contributed by atoms with van der Waals surface area (Å²) in [6, 6.07) is 15.6. The zero-order chi connectivity index (χ0) is 47.3. The molecule has 2 fully saturated rings. The SMILES string of the molecule is Cc1cc(N2CCC(N3CCN(c4ccc(Nc5nc(-c6ccnc(N7CCn8c(cc9c8CC(C)(C)C9)C7=O)c6CO)cn(C)c5=O)cc4C=CC(=O)NC=O)[C@@H](C)C3)C[C@@H]2C)ccc1F. The molecule has 3 aliphatic heterocycles. The summed E-state index contributed by atoms with van der Waals surface area (Å²) in [5.74, 6) is -0.552. The van der Waals surface area contributed by atoms with Crippen LogP contribution in [0.5, 0.6) is 0 Å². The van der Waals surface area contributed by atoms with Crippen molar-refractivity contribution in [2.24, 2.45) is 12.5 Å². The first-order valence-electron chi connectivity index (χ1n) is 23.2. The van der Waals surface area contributed by atoms with Crippen molar-refractivity contribution in [3.63, 3.8) is 0 Å². The maximum Gasteiger partial charge on any atom is 0.293 e. The molecule has 0 saturated carbocycles. The Morgan fingerprint density at radius 3 is 2.55 bits per heavy atom. The van der Waals surface area contributed by atoms with Crippen molar-refractivity contribution in [3.05, 3.63) is 117 Å². The van der Waals surface area contributed by atoms with E-state index < -0.39 is 18.1 Å². The molecule has 1 unspecified atom stereocenters. The number of benzene rings is 2. The van der Waals surface area contributed by atoms with Gasteiger partial charge in [-0.15, -0.1) is 0 Å². The minimum absolute atomic E-state index is 0.0322. The summed E-state index contributed by atoms with van der Waals surface area (Å²) < 4.78 is 17.6. The first kappa shape index (κ1) is 45.5. The maximum absolute atomic E-state index is 14.1. The van der Waals surface area contributed by atoms with Gasteiger partial charge in [-0.05, 0) is 118 Å². The number of aliphatic hydroxyl groups excluding tert-OH is 1. The lowest BCUT2D eigenvalue weighted by molar-refractivity contribution is -0.121. The van der Waals surface area contributed by atoms with Gasteiger partial charge in [0.1, 0.15) is 17.3 Å². The molecule has 0 radical (unpaired) electrons. The number of fused-ring (bicyclic) bond motifs is 3. The Balaban J connectivity index is 0.948. The lowest BCUT2D eigenvalue weighted by atomic mass is 9.90. The highest BCUT2D eigenvalue weighted by molar-refractivity contribution is 6.06. The molecule has 5 aromatic rings. The van der Waals surface area contributed by atoms with Gasteiger partial charge in [0.05, 0.1) is 12.3 Å². The Kier molecular flexibility index (Phi) is 12.4. The number of nitrogens with one attached hydrogen (secondary N) is 2. The van der Waals surface area contributed by atoms with Crippen molar-refractivity contribution in [1.29, 1.82) is 0 Å². The number of nitrogens with zero attached hydrogens (tertiary/aromatic N) is 8. The van der Waals surface area contributed by atoms with Crippen LogP contribution < -0.4 is 30.9 Å². The predicted octanol–water partition coefficient (Wildman–Crippen LogP) is 5.97. The predicted molar refractivity (Wildman–Crippen MR) is 258 cm³/mol. The zero-order valence-electron chi connectivity index (χ0n) is 39.1. The summed E-state index contributed by atoms with van der Waals surface area (Å²) in [6.45, 7) is 14.6. The lowest BCUT2D eigenvalue weighted by Gasteiger charge is -2.48. The third-order valence-corrected chi connectivity index (χ3v) is 14.1. The van der Waals surface area contributed by atoms with Gasteiger partial charge in [-0.1, -0.05) is 13.8 Å². The number of aromatic nitrogens is 4. The summed E-state index contributed by atoms with van der Waals surface area (Å²) in [7, 11) is 1.63. The number of carbonyl (C=O) groups excluding carboxylic acids is 3. The number of piperidine rings is 1. The van der Waals surface area contributed by atoms with Crippen molar-refractivity contribution in [2.45, 2.75) is 91.6 Å². The fraction of sp³-hybridized carbons (Fsp3) is 0.412. The van der Waals surface area contributed by atoms with Crippen LogP contribution in [0.1, 0.15) is 79.0 Å². The van der Waals surface area contributed by atoms with E-state index in [9.17, 15) is 28.7 Å². The molecule has 2 saturated heterocycles. The van der Waals surface area contributed by atoms with Gasteiger partial charge in [0.2, 0.25) is 12.3 Å². The van der Waals surface area contributed by atoms with Crippen LogP contribution in [-0.2, 0) is 42.6 Å². The fourth-order valence-electron chi connectivity index (χ4n) is 10.8. The summed E-state index contributed by atoms with van der Waals surface area (Å²) in [5.41, 5.74) is 7.99. The molecule has 2 aromatic carbocycles. The number of aliphatic hydroxyl groups is 1. The molecule has 0 spiro atoms. The van der Waals surface area contributed by atoms with Crippen molar-refractivity contribution in [2.75, 3.05) is 52.7 Å². The average molecular weight is 911 g/mol. The van der Waals surface area contributed by atoms with Crippen molar-refractivity contribution in [1.82, 2.24) is 29.3 Å². The first-order chi connectivity index (χ1) is 32.1. The van der Waals surface area contributed by atoms with Crippen LogP contribution in [0.25, 0.3) is 17.3 Å². The van der Waals surface area contributed by atoms with Gasteiger partial charge >= 0.3 is 0 Å². The summed E-state index contributed by atoms with van der Waals surface area (Å²) >= 11 is 0. The molecular weight excluding hydrogens is 852 g/mol. The molecule has 15 nitrogen and oxygen atoms in total. The molecule has 9 rings (SSSR count). The molecule has 0 bridgehead atoms. The van der Waals surface area contributed by atoms with Crippen LogP contribution in [0.15, 0.2) is 71.8 Å². The third kappa shape index (κ3) is 8.87. The van der Waals surface area contributed by atoms with Gasteiger partial charge in [-0.25, -0.2) is 14.4 Å². The number of piperazine rings is 1. The van der Waals surface area contributed by atoms with Crippen LogP contribution in [0, 0.1) is 18.2 Å². The minimum Gasteiger partial charge on any atom is -0.392 e. The number of hydrogen-bond acceptors (Lipinski definition) is 11. The lowest BCUT2D eigenvalue weighted by Crippen LogP contribution is -2.58. The molecule has 3 N–H and O–H groups in total. The first-order valence-corrected chi connectivity index (χ1v) is 23.2. The molecule has 16 heteroatoms. The second kappa shape index (κ2) is 18.2. The average Bonchev–Trinajstić information content (AvgIpc) is 3.80. The molecule has 3 aromatic heterocycles. The van der Waals surface area contributed by atoms with E-state index in [2.05, 4.69) is 62.6 Å². The van der Waals surface area contributed by atoms with Gasteiger partial charge in [0.25, 0.3) is 11.5 Å². The number of anilines is 5.